The Hall–Kier alpha value is 0.922. The van der Waals surface area contributed by atoms with Crippen LogP contribution >= 0.6 is 0 Å². The minimum absolute atomic E-state index is 1.41. The van der Waals surface area contributed by atoms with Crippen LogP contribution in [0.15, 0.2) is 0 Å². The molecule has 0 N–H and O–H groups in total. The van der Waals surface area contributed by atoms with Crippen LogP contribution in [-0.2, 0) is 0 Å². The summed E-state index contributed by atoms with van der Waals surface area (Å²) in [6.07, 6.45) is 5.86. The van der Waals surface area contributed by atoms with Crippen LogP contribution in [0.1, 0.15) is 53.4 Å². The summed E-state index contributed by atoms with van der Waals surface area (Å²) < 4.78 is 6.56. The Morgan fingerprint density at radius 1 is 0.692 bits per heavy atom. The summed E-state index contributed by atoms with van der Waals surface area (Å²) >= 11 is -1.67. The first-order valence-corrected chi connectivity index (χ1v) is 17.2. The number of rotatable bonds is 8. The second kappa shape index (κ2) is 8.25. The van der Waals surface area contributed by atoms with Gasteiger partial charge in [0.1, 0.15) is 0 Å². The van der Waals surface area contributed by atoms with Crippen LogP contribution in [0.4, 0.5) is 0 Å². The van der Waals surface area contributed by atoms with E-state index in [1.165, 1.54) is 25.7 Å². The molecule has 0 radical (unpaired) electrons. The van der Waals surface area contributed by atoms with Crippen LogP contribution in [-0.4, -0.2) is 21.2 Å². The molecule has 13 heavy (non-hydrogen) atoms. The average molecular weight is 380 g/mol. The van der Waals surface area contributed by atoms with Gasteiger partial charge in [-0.25, -0.2) is 0 Å². The molecule has 0 bridgehead atoms. The summed E-state index contributed by atoms with van der Waals surface area (Å²) in [5, 5.41) is 0. The van der Waals surface area contributed by atoms with Crippen LogP contribution in [0, 0.1) is 0 Å². The Kier molecular flexibility index (Phi) is 8.83. The normalized spacial score (nSPS) is 12.0. The second-order valence-electron chi connectivity index (χ2n) is 4.41. The van der Waals surface area contributed by atoms with E-state index in [4.69, 9.17) is 0 Å². The first kappa shape index (κ1) is 13.9. The van der Waals surface area contributed by atoms with Crippen molar-refractivity contribution in [3.05, 3.63) is 0 Å². The van der Waals surface area contributed by atoms with E-state index in [0.29, 0.717) is 0 Å². The topological polar surface area (TPSA) is 0 Å². The van der Waals surface area contributed by atoms with E-state index in [1.54, 1.807) is 15.9 Å². The summed E-state index contributed by atoms with van der Waals surface area (Å²) in [7, 11) is 0. The van der Waals surface area contributed by atoms with Crippen molar-refractivity contribution >= 4 is 21.2 Å². The molecule has 0 atom stereocenters. The second-order valence-corrected chi connectivity index (χ2v) is 25.5. The van der Waals surface area contributed by atoms with Gasteiger partial charge < -0.3 is 0 Å². The van der Waals surface area contributed by atoms with E-state index < -0.39 is 21.2 Å². The van der Waals surface area contributed by atoms with Crippen molar-refractivity contribution in [3.63, 3.8) is 0 Å². The Bertz CT molecular complexity index is 95.7. The van der Waals surface area contributed by atoms with Crippen molar-refractivity contribution < 1.29 is 0 Å². The summed E-state index contributed by atoms with van der Waals surface area (Å²) in [4.78, 5) is 0. The van der Waals surface area contributed by atoms with E-state index in [0.717, 1.165) is 0 Å². The quantitative estimate of drug-likeness (QED) is 0.516. The van der Waals surface area contributed by atoms with E-state index in [1.807, 2.05) is 0 Å². The molecule has 0 amide bonds. The van der Waals surface area contributed by atoms with Crippen LogP contribution < -0.4 is 0 Å². The zero-order valence-electron chi connectivity index (χ0n) is 10.2. The van der Waals surface area contributed by atoms with Gasteiger partial charge in [0.2, 0.25) is 0 Å². The fourth-order valence-electron chi connectivity index (χ4n) is 2.19. The zero-order chi connectivity index (χ0) is 10.2. The molecule has 0 unspecified atom stereocenters. The monoisotopic (exact) mass is 380 g/mol. The minimum atomic E-state index is -1.67. The van der Waals surface area contributed by atoms with E-state index in [2.05, 4.69) is 27.7 Å². The molecule has 0 aliphatic carbocycles. The Balaban J connectivity index is 3.97. The first-order valence-electron chi connectivity index (χ1n) is 6.24. The van der Waals surface area contributed by atoms with Gasteiger partial charge in [-0.1, -0.05) is 0 Å². The van der Waals surface area contributed by atoms with Crippen molar-refractivity contribution in [2.45, 2.75) is 69.3 Å². The van der Waals surface area contributed by atoms with Crippen molar-refractivity contribution in [2.75, 3.05) is 0 Å². The van der Waals surface area contributed by atoms with Crippen molar-refractivity contribution in [1.29, 1.82) is 0 Å². The Labute approximate surface area is 90.2 Å². The predicted molar refractivity (Wildman–Crippen MR) is 66.1 cm³/mol. The molecule has 1 heteroatoms. The van der Waals surface area contributed by atoms with Gasteiger partial charge in [0.15, 0.2) is 0 Å². The van der Waals surface area contributed by atoms with Gasteiger partial charge in [0, 0.05) is 0 Å². The van der Waals surface area contributed by atoms with Crippen molar-refractivity contribution in [3.8, 4) is 0 Å². The molecular weight excluding hydrogens is 351 g/mol. The molecule has 0 heterocycles. The molecule has 0 saturated heterocycles. The standard InChI is InChI=1S/2C4H9.2C2H5.Pb/c2*1-3-4-2;2*1-2;/h2*1,3-4H2,2H3;2*1H2,2H3;. The summed E-state index contributed by atoms with van der Waals surface area (Å²) in [6, 6.07) is 0. The van der Waals surface area contributed by atoms with Crippen LogP contribution in [0.5, 0.6) is 0 Å². The van der Waals surface area contributed by atoms with Crippen LogP contribution in [0.3, 0.4) is 0 Å². The number of hydrogen-bond acceptors (Lipinski definition) is 0. The number of unbranched alkanes of at least 4 members (excludes halogenated alkanes) is 2. The number of hydrogen-bond donors (Lipinski definition) is 0. The first-order chi connectivity index (χ1) is 6.24. The maximum atomic E-state index is 2.47. The maximum absolute atomic E-state index is 2.47. The van der Waals surface area contributed by atoms with E-state index >= 15 is 0 Å². The molecule has 0 aromatic rings. The third kappa shape index (κ3) is 5.38. The molecule has 0 rings (SSSR count). The van der Waals surface area contributed by atoms with Gasteiger partial charge in [-0.15, -0.1) is 0 Å². The van der Waals surface area contributed by atoms with E-state index in [-0.39, 0.29) is 0 Å². The molecule has 80 valence electrons. The predicted octanol–water partition coefficient (Wildman–Crippen LogP) is 5.08. The van der Waals surface area contributed by atoms with Gasteiger partial charge in [0.25, 0.3) is 0 Å². The molecule has 0 spiro atoms. The molecule has 0 nitrogen and oxygen atoms in total. The van der Waals surface area contributed by atoms with Crippen molar-refractivity contribution in [2.24, 2.45) is 0 Å². The molecule has 0 saturated carbocycles. The average Bonchev–Trinajstić information content (AvgIpc) is 2.20. The summed E-state index contributed by atoms with van der Waals surface area (Å²) in [5.74, 6) is 0. The Morgan fingerprint density at radius 3 is 1.31 bits per heavy atom. The zero-order valence-corrected chi connectivity index (χ0v) is 14.0. The van der Waals surface area contributed by atoms with Crippen LogP contribution in [0.25, 0.3) is 0 Å². The molecule has 0 fully saturated rings. The van der Waals surface area contributed by atoms with Gasteiger partial charge >= 0.3 is 90.5 Å². The van der Waals surface area contributed by atoms with Gasteiger partial charge in [-0.3, -0.25) is 0 Å². The fraction of sp³-hybridized carbons (Fsp3) is 1.00. The summed E-state index contributed by atoms with van der Waals surface area (Å²) in [5.41, 5.74) is 0. The Morgan fingerprint density at radius 2 is 1.08 bits per heavy atom. The third-order valence-corrected chi connectivity index (χ3v) is 26.3. The van der Waals surface area contributed by atoms with E-state index in [9.17, 15) is 0 Å². The molecular formula is C12H28Pb. The molecule has 0 aromatic carbocycles. The molecule has 0 aromatic heterocycles. The van der Waals surface area contributed by atoms with Gasteiger partial charge in [-0.2, -0.15) is 0 Å². The van der Waals surface area contributed by atoms with Gasteiger partial charge in [0.05, 0.1) is 0 Å². The van der Waals surface area contributed by atoms with Gasteiger partial charge in [-0.05, 0) is 0 Å². The SMILES string of the molecule is CCC[CH2][Pb]([CH2]C)([CH2]C)[CH2]CCC. The van der Waals surface area contributed by atoms with Crippen LogP contribution in [0.2, 0.25) is 15.9 Å². The third-order valence-electron chi connectivity index (χ3n) is 3.62. The fourth-order valence-corrected chi connectivity index (χ4v) is 19.2. The molecule has 0 aliphatic heterocycles. The van der Waals surface area contributed by atoms with Crippen molar-refractivity contribution in [1.82, 2.24) is 0 Å². The molecule has 0 aliphatic rings. The summed E-state index contributed by atoms with van der Waals surface area (Å²) in [6.45, 7) is 9.61.